The van der Waals surface area contributed by atoms with Crippen LogP contribution in [0.3, 0.4) is 0 Å². The molecule has 0 atom stereocenters. The zero-order valence-electron chi connectivity index (χ0n) is 14.5. The Morgan fingerprint density at radius 1 is 1.17 bits per heavy atom. The van der Waals surface area contributed by atoms with E-state index in [9.17, 15) is 4.79 Å². The number of amides is 1. The maximum atomic E-state index is 11.7. The maximum absolute atomic E-state index is 11.7. The summed E-state index contributed by atoms with van der Waals surface area (Å²) in [5.41, 5.74) is 8.77. The molecule has 1 aliphatic rings. The van der Waals surface area contributed by atoms with Gasteiger partial charge in [-0.1, -0.05) is 6.07 Å². The van der Waals surface area contributed by atoms with Crippen molar-refractivity contribution in [3.8, 4) is 0 Å². The van der Waals surface area contributed by atoms with Gasteiger partial charge in [0.05, 0.1) is 0 Å². The summed E-state index contributed by atoms with van der Waals surface area (Å²) in [5.74, 6) is -0.0384. The third-order valence-electron chi connectivity index (χ3n) is 4.67. The van der Waals surface area contributed by atoms with Crippen LogP contribution in [0.25, 0.3) is 10.8 Å². The summed E-state index contributed by atoms with van der Waals surface area (Å²) in [6.45, 7) is 6.83. The predicted octanol–water partition coefficient (Wildman–Crippen LogP) is 2.19. The van der Waals surface area contributed by atoms with Crippen LogP contribution in [0, 0.1) is 6.92 Å². The number of hydrogen-bond donors (Lipinski definition) is 2. The molecule has 0 bridgehead atoms. The highest BCUT2D eigenvalue weighted by Gasteiger charge is 2.15. The van der Waals surface area contributed by atoms with Crippen molar-refractivity contribution in [2.24, 2.45) is 5.73 Å². The smallest absolute Gasteiger partial charge is 0.225 e. The molecule has 128 valence electrons. The minimum Gasteiger partial charge on any atom is -0.369 e. The molecule has 0 spiro atoms. The molecule has 2 aromatic carbocycles. The minimum absolute atomic E-state index is 0.0384. The number of fused-ring (bicyclic) bond motifs is 1. The summed E-state index contributed by atoms with van der Waals surface area (Å²) in [6.07, 6.45) is 0.347. The van der Waals surface area contributed by atoms with Crippen molar-refractivity contribution in [3.63, 3.8) is 0 Å². The van der Waals surface area contributed by atoms with E-state index in [1.165, 1.54) is 22.0 Å². The van der Waals surface area contributed by atoms with E-state index in [1.807, 2.05) is 12.1 Å². The van der Waals surface area contributed by atoms with Gasteiger partial charge in [0.25, 0.3) is 0 Å². The van der Waals surface area contributed by atoms with E-state index in [0.717, 1.165) is 31.9 Å². The van der Waals surface area contributed by atoms with Gasteiger partial charge in [0.1, 0.15) is 0 Å². The number of nitrogens with zero attached hydrogens (tertiary/aromatic N) is 2. The van der Waals surface area contributed by atoms with Crippen molar-refractivity contribution in [3.05, 3.63) is 35.9 Å². The normalized spacial score (nSPS) is 15.7. The Bertz CT molecular complexity index is 735. The molecule has 0 saturated carbocycles. The molecule has 5 heteroatoms. The molecule has 1 amide bonds. The fourth-order valence-corrected chi connectivity index (χ4v) is 3.20. The van der Waals surface area contributed by atoms with Crippen LogP contribution >= 0.6 is 0 Å². The molecule has 0 aromatic heterocycles. The highest BCUT2D eigenvalue weighted by atomic mass is 16.1. The summed E-state index contributed by atoms with van der Waals surface area (Å²) in [6, 6.07) is 10.6. The van der Waals surface area contributed by atoms with Crippen LogP contribution < -0.4 is 16.0 Å². The predicted molar refractivity (Wildman–Crippen MR) is 101 cm³/mol. The summed E-state index contributed by atoms with van der Waals surface area (Å²) < 4.78 is 0. The second-order valence-electron chi connectivity index (χ2n) is 6.58. The van der Waals surface area contributed by atoms with Gasteiger partial charge >= 0.3 is 0 Å². The number of benzene rings is 2. The minimum atomic E-state index is -0.0384. The van der Waals surface area contributed by atoms with Crippen molar-refractivity contribution in [2.45, 2.75) is 13.3 Å². The number of rotatable bonds is 4. The van der Waals surface area contributed by atoms with Gasteiger partial charge in [-0.05, 0) is 54.6 Å². The first-order valence-corrected chi connectivity index (χ1v) is 8.54. The highest BCUT2D eigenvalue weighted by Crippen LogP contribution is 2.29. The standard InChI is InChI=1S/C19H26N4O/c1-14-11-17(23-9-7-22(2)8-10-23)12-15-3-4-16(13-18(14)15)21-19(24)5-6-20/h3-4,11-13H,5-10,20H2,1-2H3,(H,21,24). The second kappa shape index (κ2) is 7.20. The highest BCUT2D eigenvalue weighted by molar-refractivity contribution is 5.96. The van der Waals surface area contributed by atoms with Gasteiger partial charge in [0.2, 0.25) is 5.91 Å². The van der Waals surface area contributed by atoms with E-state index < -0.39 is 0 Å². The molecule has 3 rings (SSSR count). The van der Waals surface area contributed by atoms with Gasteiger partial charge in [-0.3, -0.25) is 4.79 Å². The van der Waals surface area contributed by atoms with Gasteiger partial charge in [0.15, 0.2) is 0 Å². The van der Waals surface area contributed by atoms with Crippen molar-refractivity contribution < 1.29 is 4.79 Å². The Morgan fingerprint density at radius 3 is 2.62 bits per heavy atom. The molecule has 5 nitrogen and oxygen atoms in total. The Hall–Kier alpha value is -2.11. The van der Waals surface area contributed by atoms with Gasteiger partial charge in [-0.25, -0.2) is 0 Å². The quantitative estimate of drug-likeness (QED) is 0.904. The van der Waals surface area contributed by atoms with Crippen LogP contribution in [0.5, 0.6) is 0 Å². The fraction of sp³-hybridized carbons (Fsp3) is 0.421. The summed E-state index contributed by atoms with van der Waals surface area (Å²) in [7, 11) is 2.17. The number of piperazine rings is 1. The van der Waals surface area contributed by atoms with Gasteiger partial charge in [-0.2, -0.15) is 0 Å². The first-order chi connectivity index (χ1) is 11.6. The maximum Gasteiger partial charge on any atom is 0.225 e. The molecule has 24 heavy (non-hydrogen) atoms. The zero-order chi connectivity index (χ0) is 17.1. The van der Waals surface area contributed by atoms with Crippen LogP contribution in [0.2, 0.25) is 0 Å². The molecule has 1 fully saturated rings. The second-order valence-corrected chi connectivity index (χ2v) is 6.58. The third-order valence-corrected chi connectivity index (χ3v) is 4.67. The fourth-order valence-electron chi connectivity index (χ4n) is 3.20. The number of hydrogen-bond acceptors (Lipinski definition) is 4. The molecule has 0 radical (unpaired) electrons. The Morgan fingerprint density at radius 2 is 1.92 bits per heavy atom. The summed E-state index contributed by atoms with van der Waals surface area (Å²) in [4.78, 5) is 16.5. The first kappa shape index (κ1) is 16.7. The van der Waals surface area contributed by atoms with Crippen LogP contribution in [0.4, 0.5) is 11.4 Å². The Kier molecular flexibility index (Phi) is 5.02. The Labute approximate surface area is 143 Å². The van der Waals surface area contributed by atoms with Crippen LogP contribution in [-0.4, -0.2) is 50.6 Å². The van der Waals surface area contributed by atoms with E-state index in [2.05, 4.69) is 47.3 Å². The van der Waals surface area contributed by atoms with E-state index in [1.54, 1.807) is 0 Å². The van der Waals surface area contributed by atoms with Crippen LogP contribution in [0.15, 0.2) is 30.3 Å². The van der Waals surface area contributed by atoms with E-state index in [-0.39, 0.29) is 5.91 Å². The van der Waals surface area contributed by atoms with E-state index in [4.69, 9.17) is 5.73 Å². The van der Waals surface area contributed by atoms with Gasteiger partial charge < -0.3 is 20.9 Å². The lowest BCUT2D eigenvalue weighted by Crippen LogP contribution is -2.44. The van der Waals surface area contributed by atoms with E-state index in [0.29, 0.717) is 13.0 Å². The number of likely N-dealkylation sites (N-methyl/N-ethyl adjacent to an activating group) is 1. The number of carbonyl (C=O) groups excluding carboxylic acids is 1. The first-order valence-electron chi connectivity index (χ1n) is 8.54. The molecule has 3 N–H and O–H groups in total. The third kappa shape index (κ3) is 3.68. The van der Waals surface area contributed by atoms with Crippen LogP contribution in [0.1, 0.15) is 12.0 Å². The molecule has 0 unspecified atom stereocenters. The molecular weight excluding hydrogens is 300 g/mol. The molecule has 2 aromatic rings. The van der Waals surface area contributed by atoms with Crippen molar-refractivity contribution in [2.75, 3.05) is 50.0 Å². The van der Waals surface area contributed by atoms with E-state index >= 15 is 0 Å². The lowest BCUT2D eigenvalue weighted by molar-refractivity contribution is -0.116. The number of nitrogens with one attached hydrogen (secondary N) is 1. The summed E-state index contributed by atoms with van der Waals surface area (Å²) in [5, 5.41) is 5.30. The average Bonchev–Trinajstić information content (AvgIpc) is 2.56. The molecule has 0 aliphatic carbocycles. The topological polar surface area (TPSA) is 61.6 Å². The van der Waals surface area contributed by atoms with Crippen LogP contribution in [-0.2, 0) is 4.79 Å². The van der Waals surface area contributed by atoms with Gasteiger partial charge in [0, 0.05) is 50.5 Å². The number of nitrogens with two attached hydrogens (primary N) is 1. The number of carbonyl (C=O) groups is 1. The zero-order valence-corrected chi connectivity index (χ0v) is 14.5. The number of aryl methyl sites for hydroxylation is 1. The molecule has 1 saturated heterocycles. The average molecular weight is 326 g/mol. The SMILES string of the molecule is Cc1cc(N2CCN(C)CC2)cc2ccc(NC(=O)CCN)cc12. The lowest BCUT2D eigenvalue weighted by atomic mass is 10.0. The summed E-state index contributed by atoms with van der Waals surface area (Å²) >= 11 is 0. The van der Waals surface area contributed by atoms with Crippen molar-refractivity contribution >= 4 is 28.1 Å². The largest absolute Gasteiger partial charge is 0.369 e. The lowest BCUT2D eigenvalue weighted by Gasteiger charge is -2.34. The molecular formula is C19H26N4O. The number of anilines is 2. The monoisotopic (exact) mass is 326 g/mol. The molecule has 1 aliphatic heterocycles. The van der Waals surface area contributed by atoms with Crippen molar-refractivity contribution in [1.29, 1.82) is 0 Å². The Balaban J connectivity index is 1.85. The van der Waals surface area contributed by atoms with Gasteiger partial charge in [-0.15, -0.1) is 0 Å². The molecule has 1 heterocycles. The van der Waals surface area contributed by atoms with Crippen molar-refractivity contribution in [1.82, 2.24) is 4.90 Å².